The second-order valence-electron chi connectivity index (χ2n) is 5.25. The van der Waals surface area contributed by atoms with Gasteiger partial charge in [0.2, 0.25) is 0 Å². The van der Waals surface area contributed by atoms with Gasteiger partial charge in [-0.3, -0.25) is 0 Å². The Balaban J connectivity index is 2.41. The number of methoxy groups -OCH3 is 1. The molecule has 0 spiro atoms. The van der Waals surface area contributed by atoms with E-state index in [-0.39, 0.29) is 0 Å². The highest BCUT2D eigenvalue weighted by atomic mass is 16.6. The van der Waals surface area contributed by atoms with Gasteiger partial charge in [-0.1, -0.05) is 6.07 Å². The lowest BCUT2D eigenvalue weighted by Crippen LogP contribution is -2.33. The van der Waals surface area contributed by atoms with Gasteiger partial charge >= 0.3 is 6.09 Å². The summed E-state index contributed by atoms with van der Waals surface area (Å²) in [7, 11) is 1.58. The van der Waals surface area contributed by atoms with Gasteiger partial charge < -0.3 is 20.5 Å². The van der Waals surface area contributed by atoms with E-state index in [0.717, 1.165) is 5.56 Å². The summed E-state index contributed by atoms with van der Waals surface area (Å²) in [5, 5.41) is 2.70. The summed E-state index contributed by atoms with van der Waals surface area (Å²) in [5.74, 6) is 0.656. The Bertz CT molecular complexity index is 439. The zero-order chi connectivity index (χ0) is 14.5. The number of hydrogen-bond acceptors (Lipinski definition) is 4. The number of carbonyl (C=O) groups excluding carboxylic acids is 1. The van der Waals surface area contributed by atoms with E-state index in [1.165, 1.54) is 0 Å². The standard InChI is InChI=1S/C14H22N2O3/c1-14(2,3)19-13(17)16-8-7-10-5-6-12(18-4)11(15)9-10/h5-6,9H,7-8,15H2,1-4H3,(H,16,17). The number of alkyl carbamates (subject to hydrolysis) is 1. The first-order valence-electron chi connectivity index (χ1n) is 6.21. The molecule has 0 heterocycles. The molecule has 0 aliphatic heterocycles. The smallest absolute Gasteiger partial charge is 0.407 e. The molecule has 0 atom stereocenters. The summed E-state index contributed by atoms with van der Waals surface area (Å²) >= 11 is 0. The maximum Gasteiger partial charge on any atom is 0.407 e. The number of nitrogens with two attached hydrogens (primary N) is 1. The van der Waals surface area contributed by atoms with Crippen LogP contribution in [0.25, 0.3) is 0 Å². The molecule has 106 valence electrons. The molecule has 5 heteroatoms. The van der Waals surface area contributed by atoms with Crippen LogP contribution >= 0.6 is 0 Å². The predicted octanol–water partition coefficient (Wildman–Crippen LogP) is 2.34. The molecule has 0 bridgehead atoms. The lowest BCUT2D eigenvalue weighted by Gasteiger charge is -2.19. The zero-order valence-electron chi connectivity index (χ0n) is 11.9. The van der Waals surface area contributed by atoms with Crippen molar-refractivity contribution in [2.75, 3.05) is 19.4 Å². The van der Waals surface area contributed by atoms with Gasteiger partial charge in [0.25, 0.3) is 0 Å². The summed E-state index contributed by atoms with van der Waals surface area (Å²) in [6.45, 7) is 5.99. The molecule has 3 N–H and O–H groups in total. The van der Waals surface area contributed by atoms with E-state index in [1.54, 1.807) is 7.11 Å². The SMILES string of the molecule is COc1ccc(CCNC(=O)OC(C)(C)C)cc1N. The second kappa shape index (κ2) is 6.31. The van der Waals surface area contributed by atoms with Crippen molar-refractivity contribution >= 4 is 11.8 Å². The topological polar surface area (TPSA) is 73.6 Å². The largest absolute Gasteiger partial charge is 0.495 e. The first-order chi connectivity index (χ1) is 8.81. The average molecular weight is 266 g/mol. The number of nitrogens with one attached hydrogen (secondary N) is 1. The van der Waals surface area contributed by atoms with Crippen molar-refractivity contribution in [2.24, 2.45) is 0 Å². The van der Waals surface area contributed by atoms with E-state index in [0.29, 0.717) is 24.4 Å². The van der Waals surface area contributed by atoms with E-state index >= 15 is 0 Å². The minimum Gasteiger partial charge on any atom is -0.495 e. The number of hydrogen-bond donors (Lipinski definition) is 2. The molecule has 5 nitrogen and oxygen atoms in total. The number of amides is 1. The number of rotatable bonds is 4. The van der Waals surface area contributed by atoms with E-state index in [2.05, 4.69) is 5.32 Å². The third-order valence-corrected chi connectivity index (χ3v) is 2.38. The van der Waals surface area contributed by atoms with E-state index in [1.807, 2.05) is 39.0 Å². The van der Waals surface area contributed by atoms with Crippen LogP contribution in [0.15, 0.2) is 18.2 Å². The molecule has 1 aromatic rings. The van der Waals surface area contributed by atoms with Gasteiger partial charge in [0.1, 0.15) is 11.4 Å². The second-order valence-corrected chi connectivity index (χ2v) is 5.25. The lowest BCUT2D eigenvalue weighted by atomic mass is 10.1. The third kappa shape index (κ3) is 5.50. The van der Waals surface area contributed by atoms with Crippen molar-refractivity contribution in [1.29, 1.82) is 0 Å². The van der Waals surface area contributed by atoms with Crippen LogP contribution < -0.4 is 15.8 Å². The quantitative estimate of drug-likeness (QED) is 0.820. The van der Waals surface area contributed by atoms with Gasteiger partial charge in [-0.2, -0.15) is 0 Å². The molecular formula is C14H22N2O3. The Labute approximate surface area is 114 Å². The number of anilines is 1. The fourth-order valence-electron chi connectivity index (χ4n) is 1.56. The molecule has 0 saturated heterocycles. The maximum atomic E-state index is 11.4. The number of ether oxygens (including phenoxy) is 2. The van der Waals surface area contributed by atoms with Crippen LogP contribution in [-0.4, -0.2) is 25.3 Å². The van der Waals surface area contributed by atoms with Crippen LogP contribution in [0.1, 0.15) is 26.3 Å². The molecule has 1 aromatic carbocycles. The van der Waals surface area contributed by atoms with E-state index < -0.39 is 11.7 Å². The van der Waals surface area contributed by atoms with Crippen molar-refractivity contribution in [1.82, 2.24) is 5.32 Å². The molecule has 0 unspecified atom stereocenters. The highest BCUT2D eigenvalue weighted by molar-refractivity contribution is 5.67. The van der Waals surface area contributed by atoms with Crippen molar-refractivity contribution in [3.8, 4) is 5.75 Å². The summed E-state index contributed by atoms with van der Waals surface area (Å²) in [5.41, 5.74) is 6.96. The summed E-state index contributed by atoms with van der Waals surface area (Å²) in [4.78, 5) is 11.4. The number of carbonyl (C=O) groups is 1. The molecule has 0 radical (unpaired) electrons. The predicted molar refractivity (Wildman–Crippen MR) is 75.3 cm³/mol. The van der Waals surface area contributed by atoms with Crippen LogP contribution in [-0.2, 0) is 11.2 Å². The van der Waals surface area contributed by atoms with Gasteiger partial charge in [-0.25, -0.2) is 4.79 Å². The van der Waals surface area contributed by atoms with Crippen LogP contribution in [0.2, 0.25) is 0 Å². The summed E-state index contributed by atoms with van der Waals surface area (Å²) in [6.07, 6.45) is 0.280. The van der Waals surface area contributed by atoms with Gasteiger partial charge in [0.05, 0.1) is 12.8 Å². The van der Waals surface area contributed by atoms with Gasteiger partial charge in [-0.05, 0) is 44.9 Å². The first kappa shape index (κ1) is 15.1. The van der Waals surface area contributed by atoms with Crippen molar-refractivity contribution in [2.45, 2.75) is 32.8 Å². The van der Waals surface area contributed by atoms with Crippen LogP contribution in [0.3, 0.4) is 0 Å². The van der Waals surface area contributed by atoms with Crippen molar-refractivity contribution < 1.29 is 14.3 Å². The Morgan fingerprint density at radius 3 is 2.58 bits per heavy atom. The summed E-state index contributed by atoms with van der Waals surface area (Å²) < 4.78 is 10.2. The molecule has 19 heavy (non-hydrogen) atoms. The van der Waals surface area contributed by atoms with Gasteiger partial charge in [0.15, 0.2) is 0 Å². The minimum atomic E-state index is -0.478. The highest BCUT2D eigenvalue weighted by Gasteiger charge is 2.15. The fraction of sp³-hybridized carbons (Fsp3) is 0.500. The van der Waals surface area contributed by atoms with Crippen LogP contribution in [0.4, 0.5) is 10.5 Å². The molecule has 0 aromatic heterocycles. The van der Waals surface area contributed by atoms with Crippen LogP contribution in [0, 0.1) is 0 Å². The molecular weight excluding hydrogens is 244 g/mol. The van der Waals surface area contributed by atoms with Gasteiger partial charge in [-0.15, -0.1) is 0 Å². The molecule has 0 aliphatic carbocycles. The molecule has 1 rings (SSSR count). The lowest BCUT2D eigenvalue weighted by molar-refractivity contribution is 0.0528. The van der Waals surface area contributed by atoms with Gasteiger partial charge in [0, 0.05) is 6.54 Å². The van der Waals surface area contributed by atoms with Crippen LogP contribution in [0.5, 0.6) is 5.75 Å². The average Bonchev–Trinajstić information content (AvgIpc) is 2.26. The minimum absolute atomic E-state index is 0.408. The normalized spacial score (nSPS) is 10.9. The maximum absolute atomic E-state index is 11.4. The Morgan fingerprint density at radius 2 is 2.05 bits per heavy atom. The highest BCUT2D eigenvalue weighted by Crippen LogP contribution is 2.21. The molecule has 0 fully saturated rings. The van der Waals surface area contributed by atoms with Crippen molar-refractivity contribution in [3.63, 3.8) is 0 Å². The first-order valence-corrected chi connectivity index (χ1v) is 6.21. The monoisotopic (exact) mass is 266 g/mol. The molecule has 0 saturated carbocycles. The van der Waals surface area contributed by atoms with E-state index in [4.69, 9.17) is 15.2 Å². The fourth-order valence-corrected chi connectivity index (χ4v) is 1.56. The molecule has 0 aliphatic rings. The zero-order valence-corrected chi connectivity index (χ0v) is 11.9. The Kier molecular flexibility index (Phi) is 5.03. The van der Waals surface area contributed by atoms with E-state index in [9.17, 15) is 4.79 Å². The Hall–Kier alpha value is -1.91. The number of benzene rings is 1. The molecule has 1 amide bonds. The van der Waals surface area contributed by atoms with Crippen molar-refractivity contribution in [3.05, 3.63) is 23.8 Å². The third-order valence-electron chi connectivity index (χ3n) is 2.38. The summed E-state index contributed by atoms with van der Waals surface area (Å²) in [6, 6.07) is 5.58. The number of nitrogen functional groups attached to an aromatic ring is 1. The Morgan fingerprint density at radius 1 is 1.37 bits per heavy atom.